The third-order valence-corrected chi connectivity index (χ3v) is 7.29. The molecule has 4 nitrogen and oxygen atoms in total. The lowest BCUT2D eigenvalue weighted by Gasteiger charge is -2.33. The lowest BCUT2D eigenvalue weighted by molar-refractivity contribution is 0.322. The molecule has 5 heteroatoms. The highest BCUT2D eigenvalue weighted by Gasteiger charge is 2.46. The molecule has 2 aliphatic rings. The molecule has 1 aromatic carbocycles. The second-order valence-corrected chi connectivity index (χ2v) is 9.28. The van der Waals surface area contributed by atoms with Crippen molar-refractivity contribution >= 4 is 10.0 Å². The third kappa shape index (κ3) is 2.65. The van der Waals surface area contributed by atoms with Gasteiger partial charge in [0.15, 0.2) is 0 Å². The van der Waals surface area contributed by atoms with Crippen molar-refractivity contribution in [3.63, 3.8) is 0 Å². The summed E-state index contributed by atoms with van der Waals surface area (Å²) in [5.41, 5.74) is 5.21. The van der Waals surface area contributed by atoms with Crippen molar-refractivity contribution in [3.05, 3.63) is 52.1 Å². The van der Waals surface area contributed by atoms with Crippen LogP contribution in [0.15, 0.2) is 51.5 Å². The van der Waals surface area contributed by atoms with Gasteiger partial charge in [-0.15, -0.1) is 0 Å². The van der Waals surface area contributed by atoms with Gasteiger partial charge in [-0.1, -0.05) is 30.2 Å². The summed E-state index contributed by atoms with van der Waals surface area (Å²) >= 11 is 0. The molecule has 1 aromatic rings. The molecule has 1 aliphatic heterocycles. The van der Waals surface area contributed by atoms with Gasteiger partial charge in [0.05, 0.1) is 11.5 Å². The molecule has 0 radical (unpaired) electrons. The minimum Gasteiger partial charge on any atom is -0.392 e. The van der Waals surface area contributed by atoms with Gasteiger partial charge in [0.1, 0.15) is 0 Å². The summed E-state index contributed by atoms with van der Waals surface area (Å²) < 4.78 is 27.6. The third-order valence-electron chi connectivity index (χ3n) is 5.48. The summed E-state index contributed by atoms with van der Waals surface area (Å²) in [6.45, 7) is 9.04. The van der Waals surface area contributed by atoms with E-state index in [4.69, 9.17) is 0 Å². The maximum Gasteiger partial charge on any atom is 0.243 e. The lowest BCUT2D eigenvalue weighted by atomic mass is 9.71. The van der Waals surface area contributed by atoms with Gasteiger partial charge in [-0.2, -0.15) is 4.31 Å². The van der Waals surface area contributed by atoms with E-state index in [0.29, 0.717) is 18.0 Å². The van der Waals surface area contributed by atoms with Crippen LogP contribution in [-0.2, 0) is 10.0 Å². The van der Waals surface area contributed by atoms with Gasteiger partial charge in [0.2, 0.25) is 10.0 Å². The van der Waals surface area contributed by atoms with E-state index >= 15 is 0 Å². The molecular formula is C19H25NO3S. The molecule has 1 fully saturated rings. The van der Waals surface area contributed by atoms with Crippen molar-refractivity contribution in [2.75, 3.05) is 19.7 Å². The van der Waals surface area contributed by atoms with Crippen LogP contribution in [0.5, 0.6) is 0 Å². The van der Waals surface area contributed by atoms with E-state index in [1.165, 1.54) is 0 Å². The number of nitrogens with zero attached hydrogens (tertiary/aromatic N) is 1. The number of hydrogen-bond donors (Lipinski definition) is 1. The smallest absolute Gasteiger partial charge is 0.243 e. The summed E-state index contributed by atoms with van der Waals surface area (Å²) in [6.07, 6.45) is 0.801. The van der Waals surface area contributed by atoms with Crippen molar-refractivity contribution in [1.82, 2.24) is 4.31 Å². The zero-order valence-corrected chi connectivity index (χ0v) is 15.6. The number of aliphatic hydroxyl groups excluding tert-OH is 1. The molecule has 0 saturated carbocycles. The number of rotatable bonds is 3. The number of aryl methyl sites for hydroxylation is 1. The van der Waals surface area contributed by atoms with Gasteiger partial charge in [0, 0.05) is 18.5 Å². The van der Waals surface area contributed by atoms with Gasteiger partial charge in [-0.25, -0.2) is 8.42 Å². The van der Waals surface area contributed by atoms with E-state index in [0.717, 1.165) is 34.3 Å². The Balaban J connectivity index is 1.98. The van der Waals surface area contributed by atoms with Gasteiger partial charge < -0.3 is 5.11 Å². The molecule has 1 saturated heterocycles. The molecule has 130 valence electrons. The number of fused-ring (bicyclic) bond motifs is 1. The van der Waals surface area contributed by atoms with Crippen LogP contribution < -0.4 is 0 Å². The summed E-state index contributed by atoms with van der Waals surface area (Å²) in [7, 11) is -3.50. The number of sulfonamides is 1. The number of aliphatic hydroxyl groups is 1. The topological polar surface area (TPSA) is 57.6 Å². The summed E-state index contributed by atoms with van der Waals surface area (Å²) in [6, 6.07) is 7.02. The van der Waals surface area contributed by atoms with Crippen LogP contribution in [0.1, 0.15) is 32.8 Å². The molecule has 24 heavy (non-hydrogen) atoms. The Bertz CT molecular complexity index is 834. The molecule has 1 atom stereocenters. The van der Waals surface area contributed by atoms with Crippen LogP contribution in [-0.4, -0.2) is 37.5 Å². The first kappa shape index (κ1) is 17.4. The highest BCUT2D eigenvalue weighted by atomic mass is 32.2. The van der Waals surface area contributed by atoms with E-state index in [-0.39, 0.29) is 12.0 Å². The number of benzene rings is 1. The fourth-order valence-electron chi connectivity index (χ4n) is 4.12. The Kier molecular flexibility index (Phi) is 4.22. The first-order chi connectivity index (χ1) is 11.2. The highest BCUT2D eigenvalue weighted by molar-refractivity contribution is 7.89. The Labute approximate surface area is 144 Å². The second-order valence-electron chi connectivity index (χ2n) is 7.34. The Hall–Kier alpha value is -1.43. The maximum absolute atomic E-state index is 13.0. The van der Waals surface area contributed by atoms with Crippen molar-refractivity contribution in [3.8, 4) is 0 Å². The minimum absolute atomic E-state index is 0.0158. The quantitative estimate of drug-likeness (QED) is 0.914. The number of allylic oxidation sites excluding steroid dienone is 1. The zero-order valence-electron chi connectivity index (χ0n) is 14.8. The van der Waals surface area contributed by atoms with E-state index < -0.39 is 10.0 Å². The first-order valence-electron chi connectivity index (χ1n) is 8.26. The van der Waals surface area contributed by atoms with Gasteiger partial charge >= 0.3 is 0 Å². The predicted molar refractivity (Wildman–Crippen MR) is 95.1 cm³/mol. The average molecular weight is 347 g/mol. The molecule has 0 bridgehead atoms. The molecule has 0 aromatic heterocycles. The van der Waals surface area contributed by atoms with E-state index in [1.807, 2.05) is 32.9 Å². The Morgan fingerprint density at radius 1 is 1.17 bits per heavy atom. The highest BCUT2D eigenvalue weighted by Crippen LogP contribution is 2.48. The molecule has 3 rings (SSSR count). The van der Waals surface area contributed by atoms with Crippen molar-refractivity contribution < 1.29 is 13.5 Å². The molecule has 1 heterocycles. The Morgan fingerprint density at radius 3 is 2.38 bits per heavy atom. The molecular weight excluding hydrogens is 322 g/mol. The Morgan fingerprint density at radius 2 is 1.79 bits per heavy atom. The molecule has 1 aliphatic carbocycles. The lowest BCUT2D eigenvalue weighted by Crippen LogP contribution is -2.31. The van der Waals surface area contributed by atoms with Crippen LogP contribution in [0.4, 0.5) is 0 Å². The molecule has 0 spiro atoms. The largest absolute Gasteiger partial charge is 0.392 e. The van der Waals surface area contributed by atoms with Crippen LogP contribution in [0.2, 0.25) is 0 Å². The van der Waals surface area contributed by atoms with Gasteiger partial charge in [0.25, 0.3) is 0 Å². The van der Waals surface area contributed by atoms with Gasteiger partial charge in [-0.3, -0.25) is 0 Å². The summed E-state index contributed by atoms with van der Waals surface area (Å²) in [5.74, 6) is 0. The van der Waals surface area contributed by atoms with Crippen LogP contribution in [0, 0.1) is 12.3 Å². The van der Waals surface area contributed by atoms with E-state index in [9.17, 15) is 13.5 Å². The van der Waals surface area contributed by atoms with Crippen LogP contribution in [0.25, 0.3) is 0 Å². The van der Waals surface area contributed by atoms with E-state index in [2.05, 4.69) is 6.92 Å². The van der Waals surface area contributed by atoms with Crippen LogP contribution >= 0.6 is 0 Å². The second kappa shape index (κ2) is 5.83. The monoisotopic (exact) mass is 347 g/mol. The van der Waals surface area contributed by atoms with Crippen LogP contribution in [0.3, 0.4) is 0 Å². The van der Waals surface area contributed by atoms with E-state index in [1.54, 1.807) is 16.4 Å². The van der Waals surface area contributed by atoms with Gasteiger partial charge in [-0.05, 0) is 56.0 Å². The van der Waals surface area contributed by atoms with Crippen molar-refractivity contribution in [1.29, 1.82) is 0 Å². The van der Waals surface area contributed by atoms with Crippen molar-refractivity contribution in [2.24, 2.45) is 5.41 Å². The molecule has 1 N–H and O–H groups in total. The minimum atomic E-state index is -3.50. The predicted octanol–water partition coefficient (Wildman–Crippen LogP) is 3.03. The number of hydrogen-bond acceptors (Lipinski definition) is 3. The molecule has 1 unspecified atom stereocenters. The first-order valence-corrected chi connectivity index (χ1v) is 9.70. The molecule has 0 amide bonds. The SMILES string of the molecule is CC1=C(CO)C(C)=C2CN(S(=O)(=O)c3ccc(C)cc3)CC2(C)C1. The summed E-state index contributed by atoms with van der Waals surface area (Å²) in [5, 5.41) is 9.64. The normalized spacial score (nSPS) is 25.4. The van der Waals surface area contributed by atoms with Crippen molar-refractivity contribution in [2.45, 2.75) is 39.0 Å². The maximum atomic E-state index is 13.0. The average Bonchev–Trinajstić information content (AvgIpc) is 2.86. The zero-order chi connectivity index (χ0) is 17.7. The fourth-order valence-corrected chi connectivity index (χ4v) is 5.65. The standard InChI is InChI=1S/C19H25NO3S/c1-13-5-7-16(8-6-13)24(22,23)20-10-18-15(3)17(11-21)14(2)9-19(18,4)12-20/h5-8,21H,9-12H2,1-4H3. The fraction of sp³-hybridized carbons (Fsp3) is 0.474. The summed E-state index contributed by atoms with van der Waals surface area (Å²) in [4.78, 5) is 0.348.